The first-order chi connectivity index (χ1) is 12.2. The average molecular weight is 356 g/mol. The van der Waals surface area contributed by atoms with E-state index in [-0.39, 0.29) is 0 Å². The molecule has 132 valence electrons. The van der Waals surface area contributed by atoms with Crippen LogP contribution in [0.15, 0.2) is 48.5 Å². The van der Waals surface area contributed by atoms with Crippen LogP contribution in [0.2, 0.25) is 0 Å². The highest BCUT2D eigenvalue weighted by Gasteiger charge is 2.12. The van der Waals surface area contributed by atoms with Gasteiger partial charge in [0.2, 0.25) is 0 Å². The first-order valence-corrected chi connectivity index (χ1v) is 9.10. The Morgan fingerprint density at radius 3 is 2.60 bits per heavy atom. The minimum atomic E-state index is 0.645. The lowest BCUT2D eigenvalue weighted by Crippen LogP contribution is -2.36. The smallest absolute Gasteiger partial charge is 0.171 e. The van der Waals surface area contributed by atoms with E-state index in [0.717, 1.165) is 45.1 Å². The number of hydrogen-bond donors (Lipinski definition) is 2. The van der Waals surface area contributed by atoms with Gasteiger partial charge in [-0.2, -0.15) is 0 Å². The third kappa shape index (κ3) is 5.53. The molecule has 25 heavy (non-hydrogen) atoms. The number of ether oxygens (including phenoxy) is 1. The van der Waals surface area contributed by atoms with Crippen molar-refractivity contribution in [1.29, 1.82) is 0 Å². The maximum atomic E-state index is 5.43. The van der Waals surface area contributed by atoms with Crippen molar-refractivity contribution >= 4 is 23.0 Å². The van der Waals surface area contributed by atoms with Crippen molar-refractivity contribution in [2.24, 2.45) is 0 Å². The summed E-state index contributed by atoms with van der Waals surface area (Å²) in [5, 5.41) is 7.21. The summed E-state index contributed by atoms with van der Waals surface area (Å²) in [7, 11) is 0. The molecule has 0 atom stereocenters. The second-order valence-corrected chi connectivity index (χ2v) is 6.74. The molecule has 1 fully saturated rings. The molecule has 1 aliphatic rings. The molecule has 0 aromatic heterocycles. The van der Waals surface area contributed by atoms with Gasteiger partial charge in [-0.15, -0.1) is 0 Å². The van der Waals surface area contributed by atoms with E-state index < -0.39 is 0 Å². The zero-order valence-electron chi connectivity index (χ0n) is 14.6. The first kappa shape index (κ1) is 17.9. The van der Waals surface area contributed by atoms with Gasteiger partial charge in [0, 0.05) is 31.9 Å². The van der Waals surface area contributed by atoms with Crippen LogP contribution < -0.4 is 10.6 Å². The largest absolute Gasteiger partial charge is 0.379 e. The molecule has 4 nitrogen and oxygen atoms in total. The Balaban J connectivity index is 1.56. The fourth-order valence-corrected chi connectivity index (χ4v) is 3.15. The van der Waals surface area contributed by atoms with Crippen LogP contribution in [0.5, 0.6) is 0 Å². The molecule has 2 aromatic rings. The number of hydrogen-bond acceptors (Lipinski definition) is 3. The van der Waals surface area contributed by atoms with Crippen molar-refractivity contribution in [3.8, 4) is 0 Å². The van der Waals surface area contributed by atoms with Crippen LogP contribution in [0.1, 0.15) is 16.7 Å². The third-order valence-electron chi connectivity index (χ3n) is 4.33. The standard InChI is InChI=1S/C20H25N3OS/c1-16-5-4-8-19(13-16)22-20(25)21-14-17-6-2-3-7-18(17)15-23-9-11-24-12-10-23/h2-8,13H,9-12,14-15H2,1H3,(H2,21,22,25). The quantitative estimate of drug-likeness (QED) is 0.805. The van der Waals surface area contributed by atoms with Crippen molar-refractivity contribution in [3.63, 3.8) is 0 Å². The summed E-state index contributed by atoms with van der Waals surface area (Å²) in [5.41, 5.74) is 4.85. The lowest BCUT2D eigenvalue weighted by atomic mass is 10.1. The number of nitrogens with zero attached hydrogens (tertiary/aromatic N) is 1. The van der Waals surface area contributed by atoms with Gasteiger partial charge in [-0.1, -0.05) is 36.4 Å². The normalized spacial score (nSPS) is 14.9. The fourth-order valence-electron chi connectivity index (χ4n) is 2.96. The van der Waals surface area contributed by atoms with E-state index in [1.54, 1.807) is 0 Å². The second-order valence-electron chi connectivity index (χ2n) is 6.33. The molecule has 0 unspecified atom stereocenters. The summed E-state index contributed by atoms with van der Waals surface area (Å²) in [6.07, 6.45) is 0. The predicted molar refractivity (Wildman–Crippen MR) is 107 cm³/mol. The Labute approximate surface area is 155 Å². The molecule has 1 heterocycles. The maximum Gasteiger partial charge on any atom is 0.171 e. The van der Waals surface area contributed by atoms with Crippen LogP contribution in [0, 0.1) is 6.92 Å². The highest BCUT2D eigenvalue weighted by molar-refractivity contribution is 7.80. The van der Waals surface area contributed by atoms with Gasteiger partial charge in [-0.3, -0.25) is 4.90 Å². The van der Waals surface area contributed by atoms with Crippen molar-refractivity contribution in [3.05, 3.63) is 65.2 Å². The Hall–Kier alpha value is -1.95. The Kier molecular flexibility index (Phi) is 6.39. The molecule has 0 radical (unpaired) electrons. The second kappa shape index (κ2) is 8.94. The zero-order valence-corrected chi connectivity index (χ0v) is 15.4. The van der Waals surface area contributed by atoms with E-state index in [0.29, 0.717) is 5.11 Å². The summed E-state index contributed by atoms with van der Waals surface area (Å²) in [4.78, 5) is 2.44. The summed E-state index contributed by atoms with van der Waals surface area (Å²) in [6, 6.07) is 16.7. The van der Waals surface area contributed by atoms with Crippen LogP contribution in [0.25, 0.3) is 0 Å². The number of nitrogens with one attached hydrogen (secondary N) is 2. The molecular formula is C20H25N3OS. The van der Waals surface area contributed by atoms with Crippen molar-refractivity contribution in [2.75, 3.05) is 31.6 Å². The van der Waals surface area contributed by atoms with E-state index in [9.17, 15) is 0 Å². The fraction of sp³-hybridized carbons (Fsp3) is 0.350. The molecule has 2 N–H and O–H groups in total. The van der Waals surface area contributed by atoms with Crippen LogP contribution in [-0.2, 0) is 17.8 Å². The van der Waals surface area contributed by atoms with Gasteiger partial charge < -0.3 is 15.4 Å². The number of benzene rings is 2. The molecule has 0 saturated carbocycles. The monoisotopic (exact) mass is 355 g/mol. The molecule has 2 aromatic carbocycles. The Morgan fingerprint density at radius 1 is 1.08 bits per heavy atom. The molecule has 1 saturated heterocycles. The number of anilines is 1. The van der Waals surface area contributed by atoms with E-state index in [1.807, 2.05) is 12.1 Å². The van der Waals surface area contributed by atoms with Gasteiger partial charge in [0.05, 0.1) is 13.2 Å². The zero-order chi connectivity index (χ0) is 17.5. The van der Waals surface area contributed by atoms with Gasteiger partial charge in [-0.05, 0) is 48.0 Å². The SMILES string of the molecule is Cc1cccc(NC(=S)NCc2ccccc2CN2CCOCC2)c1. The van der Waals surface area contributed by atoms with Gasteiger partial charge in [0.15, 0.2) is 5.11 Å². The van der Waals surface area contributed by atoms with Gasteiger partial charge in [-0.25, -0.2) is 0 Å². The maximum absolute atomic E-state index is 5.43. The average Bonchev–Trinajstić information content (AvgIpc) is 2.62. The highest BCUT2D eigenvalue weighted by atomic mass is 32.1. The molecule has 5 heteroatoms. The lowest BCUT2D eigenvalue weighted by Gasteiger charge is -2.27. The van der Waals surface area contributed by atoms with Crippen LogP contribution in [0.4, 0.5) is 5.69 Å². The Morgan fingerprint density at radius 2 is 1.84 bits per heavy atom. The summed E-state index contributed by atoms with van der Waals surface area (Å²) >= 11 is 5.43. The predicted octanol–water partition coefficient (Wildman–Crippen LogP) is 3.31. The van der Waals surface area contributed by atoms with Crippen LogP contribution >= 0.6 is 12.2 Å². The van der Waals surface area contributed by atoms with Gasteiger partial charge in [0.1, 0.15) is 0 Å². The number of thiocarbonyl (C=S) groups is 1. The van der Waals surface area contributed by atoms with Crippen molar-refractivity contribution < 1.29 is 4.74 Å². The summed E-state index contributed by atoms with van der Waals surface area (Å²) in [5.74, 6) is 0. The molecule has 1 aliphatic heterocycles. The van der Waals surface area contributed by atoms with E-state index in [1.165, 1.54) is 16.7 Å². The minimum absolute atomic E-state index is 0.645. The molecule has 0 spiro atoms. The van der Waals surface area contributed by atoms with Crippen LogP contribution in [-0.4, -0.2) is 36.3 Å². The van der Waals surface area contributed by atoms with Crippen molar-refractivity contribution in [1.82, 2.24) is 10.2 Å². The number of rotatable bonds is 5. The van der Waals surface area contributed by atoms with Gasteiger partial charge >= 0.3 is 0 Å². The first-order valence-electron chi connectivity index (χ1n) is 8.69. The third-order valence-corrected chi connectivity index (χ3v) is 4.58. The van der Waals surface area contributed by atoms with Crippen molar-refractivity contribution in [2.45, 2.75) is 20.0 Å². The Bertz CT molecular complexity index is 714. The number of aryl methyl sites for hydroxylation is 1. The molecule has 0 aliphatic carbocycles. The summed E-state index contributed by atoms with van der Waals surface area (Å²) < 4.78 is 5.43. The van der Waals surface area contributed by atoms with Crippen LogP contribution in [0.3, 0.4) is 0 Å². The molecule has 0 bridgehead atoms. The van der Waals surface area contributed by atoms with Gasteiger partial charge in [0.25, 0.3) is 0 Å². The topological polar surface area (TPSA) is 36.5 Å². The number of morpholine rings is 1. The molecular weight excluding hydrogens is 330 g/mol. The van der Waals surface area contributed by atoms with E-state index >= 15 is 0 Å². The van der Waals surface area contributed by atoms with E-state index in [4.69, 9.17) is 17.0 Å². The molecule has 3 rings (SSSR count). The highest BCUT2D eigenvalue weighted by Crippen LogP contribution is 2.13. The lowest BCUT2D eigenvalue weighted by molar-refractivity contribution is 0.0341. The minimum Gasteiger partial charge on any atom is -0.379 e. The molecule has 0 amide bonds. The summed E-state index contributed by atoms with van der Waals surface area (Å²) in [6.45, 7) is 7.39. The van der Waals surface area contributed by atoms with E-state index in [2.05, 4.69) is 58.9 Å².